The maximum absolute atomic E-state index is 11.8. The van der Waals surface area contributed by atoms with Gasteiger partial charge in [-0.15, -0.1) is 11.8 Å². The number of thioether (sulfide) groups is 1. The zero-order chi connectivity index (χ0) is 12.8. The quantitative estimate of drug-likeness (QED) is 0.729. The topological polar surface area (TPSA) is 64.3 Å². The molecular weight excluding hydrogens is 248 g/mol. The molecule has 5 heteroatoms. The second kappa shape index (κ2) is 7.36. The first-order valence-corrected chi connectivity index (χ1v) is 8.14. The Bertz CT molecular complexity index is 266. The van der Waals surface area contributed by atoms with Crippen LogP contribution in [0.15, 0.2) is 0 Å². The van der Waals surface area contributed by atoms with E-state index < -0.39 is 0 Å². The molecule has 1 heterocycles. The molecule has 2 atom stereocenters. The molecule has 18 heavy (non-hydrogen) atoms. The van der Waals surface area contributed by atoms with Crippen LogP contribution in [0.4, 0.5) is 0 Å². The molecule has 2 fully saturated rings. The highest BCUT2D eigenvalue weighted by Crippen LogP contribution is 2.32. The maximum Gasteiger partial charge on any atom is 0.230 e. The summed E-state index contributed by atoms with van der Waals surface area (Å²) in [5, 5.41) is 3.04. The summed E-state index contributed by atoms with van der Waals surface area (Å²) in [5.41, 5.74) is 5.67. The molecule has 0 bridgehead atoms. The second-order valence-electron chi connectivity index (χ2n) is 5.25. The van der Waals surface area contributed by atoms with Gasteiger partial charge in [-0.1, -0.05) is 0 Å². The minimum absolute atomic E-state index is 0.123. The minimum Gasteiger partial charge on any atom is -0.377 e. The number of ether oxygens (including phenoxy) is 1. The summed E-state index contributed by atoms with van der Waals surface area (Å²) in [6.45, 7) is 1.45. The van der Waals surface area contributed by atoms with E-state index in [1.807, 2.05) is 0 Å². The van der Waals surface area contributed by atoms with Gasteiger partial charge in [0.25, 0.3) is 0 Å². The molecule has 0 aromatic heterocycles. The van der Waals surface area contributed by atoms with Crippen LogP contribution in [0.5, 0.6) is 0 Å². The summed E-state index contributed by atoms with van der Waals surface area (Å²) in [5.74, 6) is 2.22. The predicted octanol–water partition coefficient (Wildman–Crippen LogP) is 1.14. The standard InChI is InChI=1S/C13H24N2O2S/c14-7-12(10-4-5-10)15-13(16)9-18-8-11-3-1-2-6-17-11/h10-12H,1-9,14H2,(H,15,16). The number of nitrogens with one attached hydrogen (secondary N) is 1. The molecule has 0 spiro atoms. The van der Waals surface area contributed by atoms with Gasteiger partial charge in [-0.3, -0.25) is 4.79 Å². The van der Waals surface area contributed by atoms with Crippen molar-refractivity contribution < 1.29 is 9.53 Å². The maximum atomic E-state index is 11.8. The molecular formula is C13H24N2O2S. The lowest BCUT2D eigenvalue weighted by Crippen LogP contribution is -2.42. The fourth-order valence-electron chi connectivity index (χ4n) is 2.34. The van der Waals surface area contributed by atoms with Crippen LogP contribution in [0.25, 0.3) is 0 Å². The van der Waals surface area contributed by atoms with Gasteiger partial charge in [0.2, 0.25) is 5.91 Å². The van der Waals surface area contributed by atoms with Crippen LogP contribution in [-0.2, 0) is 9.53 Å². The average molecular weight is 272 g/mol. The van der Waals surface area contributed by atoms with Crippen molar-refractivity contribution in [2.24, 2.45) is 11.7 Å². The Labute approximate surface area is 113 Å². The number of carbonyl (C=O) groups is 1. The smallest absolute Gasteiger partial charge is 0.230 e. The second-order valence-corrected chi connectivity index (χ2v) is 6.28. The van der Waals surface area contributed by atoms with Gasteiger partial charge < -0.3 is 15.8 Å². The Morgan fingerprint density at radius 3 is 2.83 bits per heavy atom. The molecule has 0 aromatic rings. The first-order chi connectivity index (χ1) is 8.79. The number of hydrogen-bond donors (Lipinski definition) is 2. The van der Waals surface area contributed by atoms with Gasteiger partial charge in [0.15, 0.2) is 0 Å². The third-order valence-electron chi connectivity index (χ3n) is 3.60. The van der Waals surface area contributed by atoms with Crippen molar-refractivity contribution in [1.29, 1.82) is 0 Å². The monoisotopic (exact) mass is 272 g/mol. The molecule has 1 saturated carbocycles. The van der Waals surface area contributed by atoms with E-state index >= 15 is 0 Å². The fraction of sp³-hybridized carbons (Fsp3) is 0.923. The highest BCUT2D eigenvalue weighted by atomic mass is 32.2. The van der Waals surface area contributed by atoms with Gasteiger partial charge in [-0.2, -0.15) is 0 Å². The van der Waals surface area contributed by atoms with Crippen LogP contribution in [0.1, 0.15) is 32.1 Å². The Hall–Kier alpha value is -0.260. The first-order valence-electron chi connectivity index (χ1n) is 6.98. The highest BCUT2D eigenvalue weighted by Gasteiger charge is 2.31. The number of rotatable bonds is 7. The van der Waals surface area contributed by atoms with E-state index in [0.29, 0.717) is 24.3 Å². The normalized spacial score (nSPS) is 25.7. The largest absolute Gasteiger partial charge is 0.377 e. The third kappa shape index (κ3) is 4.78. The first kappa shape index (κ1) is 14.2. The molecule has 2 aliphatic rings. The van der Waals surface area contributed by atoms with Crippen molar-refractivity contribution in [3.8, 4) is 0 Å². The number of carbonyl (C=O) groups excluding carboxylic acids is 1. The van der Waals surface area contributed by atoms with E-state index in [0.717, 1.165) is 18.8 Å². The predicted molar refractivity (Wildman–Crippen MR) is 74.6 cm³/mol. The Kier molecular flexibility index (Phi) is 5.79. The van der Waals surface area contributed by atoms with E-state index in [-0.39, 0.29) is 11.9 Å². The van der Waals surface area contributed by atoms with Gasteiger partial charge >= 0.3 is 0 Å². The minimum atomic E-state index is 0.123. The molecule has 3 N–H and O–H groups in total. The van der Waals surface area contributed by atoms with Crippen molar-refractivity contribution in [3.05, 3.63) is 0 Å². The molecule has 1 amide bonds. The van der Waals surface area contributed by atoms with Crippen LogP contribution >= 0.6 is 11.8 Å². The summed E-state index contributed by atoms with van der Waals surface area (Å²) >= 11 is 1.67. The van der Waals surface area contributed by atoms with Gasteiger partial charge in [-0.25, -0.2) is 0 Å². The number of amides is 1. The molecule has 1 aliphatic carbocycles. The number of nitrogens with two attached hydrogens (primary N) is 1. The van der Waals surface area contributed by atoms with Crippen molar-refractivity contribution in [1.82, 2.24) is 5.32 Å². The van der Waals surface area contributed by atoms with Crippen molar-refractivity contribution in [3.63, 3.8) is 0 Å². The SMILES string of the molecule is NCC(NC(=O)CSCC1CCCCO1)C1CC1. The van der Waals surface area contributed by atoms with E-state index in [1.54, 1.807) is 11.8 Å². The molecule has 2 unspecified atom stereocenters. The molecule has 1 aliphatic heterocycles. The van der Waals surface area contributed by atoms with Crippen molar-refractivity contribution in [2.45, 2.75) is 44.2 Å². The molecule has 4 nitrogen and oxygen atoms in total. The van der Waals surface area contributed by atoms with E-state index in [9.17, 15) is 4.79 Å². The fourth-order valence-corrected chi connectivity index (χ4v) is 3.25. The summed E-state index contributed by atoms with van der Waals surface area (Å²) in [7, 11) is 0. The molecule has 104 valence electrons. The molecule has 2 rings (SSSR count). The lowest BCUT2D eigenvalue weighted by molar-refractivity contribution is -0.119. The van der Waals surface area contributed by atoms with Crippen LogP contribution in [0, 0.1) is 5.92 Å². The van der Waals surface area contributed by atoms with Gasteiger partial charge in [-0.05, 0) is 38.0 Å². The zero-order valence-electron chi connectivity index (χ0n) is 10.9. The van der Waals surface area contributed by atoms with Crippen molar-refractivity contribution >= 4 is 17.7 Å². The number of hydrogen-bond acceptors (Lipinski definition) is 4. The average Bonchev–Trinajstić information content (AvgIpc) is 3.21. The summed E-state index contributed by atoms with van der Waals surface area (Å²) in [6, 6.07) is 0.198. The van der Waals surface area contributed by atoms with Crippen LogP contribution in [0.2, 0.25) is 0 Å². The highest BCUT2D eigenvalue weighted by molar-refractivity contribution is 7.99. The van der Waals surface area contributed by atoms with E-state index in [4.69, 9.17) is 10.5 Å². The van der Waals surface area contributed by atoms with Gasteiger partial charge in [0.1, 0.15) is 0 Å². The zero-order valence-corrected chi connectivity index (χ0v) is 11.7. The molecule has 0 radical (unpaired) electrons. The van der Waals surface area contributed by atoms with Crippen LogP contribution < -0.4 is 11.1 Å². The lowest BCUT2D eigenvalue weighted by atomic mass is 10.1. The summed E-state index contributed by atoms with van der Waals surface area (Å²) < 4.78 is 5.64. The Morgan fingerprint density at radius 2 is 2.22 bits per heavy atom. The Balaban J connectivity index is 1.56. The molecule has 0 aromatic carbocycles. The molecule has 1 saturated heterocycles. The Morgan fingerprint density at radius 1 is 1.39 bits per heavy atom. The van der Waals surface area contributed by atoms with Gasteiger partial charge in [0, 0.05) is 24.9 Å². The van der Waals surface area contributed by atoms with E-state index in [2.05, 4.69) is 5.32 Å². The van der Waals surface area contributed by atoms with Gasteiger partial charge in [0.05, 0.1) is 11.9 Å². The van der Waals surface area contributed by atoms with Crippen LogP contribution in [-0.4, -0.2) is 42.7 Å². The van der Waals surface area contributed by atoms with Crippen molar-refractivity contribution in [2.75, 3.05) is 24.7 Å². The van der Waals surface area contributed by atoms with Crippen LogP contribution in [0.3, 0.4) is 0 Å². The summed E-state index contributed by atoms with van der Waals surface area (Å²) in [4.78, 5) is 11.8. The summed E-state index contributed by atoms with van der Waals surface area (Å²) in [6.07, 6.45) is 6.36. The third-order valence-corrected chi connectivity index (χ3v) is 4.68. The van der Waals surface area contributed by atoms with E-state index in [1.165, 1.54) is 25.7 Å². The lowest BCUT2D eigenvalue weighted by Gasteiger charge is -2.22.